The molecule has 0 bridgehead atoms. The highest BCUT2D eigenvalue weighted by molar-refractivity contribution is 7.18. The maximum Gasteiger partial charge on any atom is 0.391 e. The first-order valence-corrected chi connectivity index (χ1v) is 13.6. The van der Waals surface area contributed by atoms with Crippen LogP contribution in [0.15, 0.2) is 54.9 Å². The number of amides is 1. The summed E-state index contributed by atoms with van der Waals surface area (Å²) in [5.74, 6) is -3.58. The third kappa shape index (κ3) is 5.73. The number of carboxylic acid groups (broad SMARTS) is 1. The molecule has 1 N–H and O–H groups in total. The minimum absolute atomic E-state index is 0.0149. The minimum atomic E-state index is -4.28. The molecule has 0 radical (unpaired) electrons. The number of carboxylic acids is 1. The highest BCUT2D eigenvalue weighted by Crippen LogP contribution is 2.42. The standard InChI is InChI=1S/C28H27F3N4O4S/c1-39-14-13-34(26(36)19-7-9-20(10-8-19)28(29,30)31)22-16-23(40-25(22)27(37)38)18-5-3-17(4-6-18)21-15-24-32-11-2-12-35(24)33-21/h2-6,11-12,15-16,19-20H,7-10,13-14H2,1H3,(H,37,38). The van der Waals surface area contributed by atoms with Crippen LogP contribution in [0.25, 0.3) is 27.3 Å². The van der Waals surface area contributed by atoms with Gasteiger partial charge in [0.1, 0.15) is 4.88 Å². The maximum atomic E-state index is 13.5. The summed E-state index contributed by atoms with van der Waals surface area (Å²) in [6, 6.07) is 12.8. The third-order valence-electron chi connectivity index (χ3n) is 7.22. The molecule has 40 heavy (non-hydrogen) atoms. The summed E-state index contributed by atoms with van der Waals surface area (Å²) >= 11 is 1.04. The number of alkyl halides is 3. The molecule has 1 fully saturated rings. The molecule has 0 saturated heterocycles. The number of fused-ring (bicyclic) bond motifs is 1. The Balaban J connectivity index is 1.41. The van der Waals surface area contributed by atoms with Crippen molar-refractivity contribution in [1.29, 1.82) is 0 Å². The van der Waals surface area contributed by atoms with Crippen LogP contribution < -0.4 is 4.90 Å². The van der Waals surface area contributed by atoms with Gasteiger partial charge in [-0.25, -0.2) is 14.3 Å². The zero-order valence-corrected chi connectivity index (χ0v) is 22.4. The Morgan fingerprint density at radius 2 is 1.82 bits per heavy atom. The van der Waals surface area contributed by atoms with E-state index in [1.54, 1.807) is 29.0 Å². The molecular formula is C28H27F3N4O4S. The van der Waals surface area contributed by atoms with Gasteiger partial charge in [0.2, 0.25) is 5.91 Å². The Bertz CT molecular complexity index is 1480. The van der Waals surface area contributed by atoms with E-state index in [1.807, 2.05) is 30.3 Å². The highest BCUT2D eigenvalue weighted by atomic mass is 32.1. The smallest absolute Gasteiger partial charge is 0.391 e. The number of anilines is 1. The van der Waals surface area contributed by atoms with Crippen molar-refractivity contribution < 1.29 is 32.6 Å². The summed E-state index contributed by atoms with van der Waals surface area (Å²) in [6.45, 7) is 0.238. The second kappa shape index (κ2) is 11.4. The van der Waals surface area contributed by atoms with Gasteiger partial charge >= 0.3 is 12.1 Å². The topological polar surface area (TPSA) is 97.0 Å². The largest absolute Gasteiger partial charge is 0.477 e. The van der Waals surface area contributed by atoms with E-state index in [0.29, 0.717) is 10.5 Å². The van der Waals surface area contributed by atoms with E-state index < -0.39 is 24.0 Å². The predicted molar refractivity (Wildman–Crippen MR) is 144 cm³/mol. The lowest BCUT2D eigenvalue weighted by Crippen LogP contribution is -2.41. The van der Waals surface area contributed by atoms with E-state index in [0.717, 1.165) is 28.2 Å². The average molecular weight is 573 g/mol. The normalized spacial score (nSPS) is 17.7. The summed E-state index contributed by atoms with van der Waals surface area (Å²) in [5.41, 5.74) is 3.29. The van der Waals surface area contributed by atoms with Crippen molar-refractivity contribution in [1.82, 2.24) is 14.6 Å². The fraction of sp³-hybridized carbons (Fsp3) is 0.357. The van der Waals surface area contributed by atoms with Crippen molar-refractivity contribution in [2.24, 2.45) is 11.8 Å². The number of halogens is 3. The van der Waals surface area contributed by atoms with Crippen LogP contribution in [0.2, 0.25) is 0 Å². The third-order valence-corrected chi connectivity index (χ3v) is 8.38. The Morgan fingerprint density at radius 1 is 1.12 bits per heavy atom. The average Bonchev–Trinajstić information content (AvgIpc) is 3.58. The van der Waals surface area contributed by atoms with E-state index in [9.17, 15) is 27.9 Å². The Kier molecular flexibility index (Phi) is 7.90. The van der Waals surface area contributed by atoms with Gasteiger partial charge in [0.05, 0.1) is 23.9 Å². The summed E-state index contributed by atoms with van der Waals surface area (Å²) < 4.78 is 46.3. The number of hydrogen-bond acceptors (Lipinski definition) is 6. The fourth-order valence-corrected chi connectivity index (χ4v) is 6.08. The number of methoxy groups -OCH3 is 1. The van der Waals surface area contributed by atoms with E-state index in [-0.39, 0.29) is 55.3 Å². The van der Waals surface area contributed by atoms with Crippen LogP contribution in [-0.4, -0.2) is 58.0 Å². The van der Waals surface area contributed by atoms with Crippen molar-refractivity contribution in [3.8, 4) is 21.7 Å². The minimum Gasteiger partial charge on any atom is -0.477 e. The lowest BCUT2D eigenvalue weighted by atomic mass is 9.81. The first-order valence-electron chi connectivity index (χ1n) is 12.8. The molecule has 5 rings (SSSR count). The lowest BCUT2D eigenvalue weighted by Gasteiger charge is -2.32. The lowest BCUT2D eigenvalue weighted by molar-refractivity contribution is -0.184. The van der Waals surface area contributed by atoms with Crippen molar-refractivity contribution in [2.75, 3.05) is 25.2 Å². The molecule has 1 aliphatic carbocycles. The van der Waals surface area contributed by atoms with Gasteiger partial charge in [-0.15, -0.1) is 11.3 Å². The SMILES string of the molecule is COCCN(C(=O)C1CCC(C(F)(F)F)CC1)c1cc(-c2ccc(-c3cc4ncccn4n3)cc2)sc1C(=O)O. The number of carbonyl (C=O) groups excluding carboxylic acids is 1. The van der Waals surface area contributed by atoms with Gasteiger partial charge < -0.3 is 14.7 Å². The molecule has 8 nitrogen and oxygen atoms in total. The van der Waals surface area contributed by atoms with Gasteiger partial charge in [-0.1, -0.05) is 24.3 Å². The Morgan fingerprint density at radius 3 is 2.45 bits per heavy atom. The summed E-state index contributed by atoms with van der Waals surface area (Å²) in [4.78, 5) is 32.0. The second-order valence-corrected chi connectivity index (χ2v) is 10.8. The molecule has 0 atom stereocenters. The van der Waals surface area contributed by atoms with Crippen LogP contribution in [0.1, 0.15) is 35.4 Å². The molecule has 0 unspecified atom stereocenters. The molecule has 0 spiro atoms. The molecule has 1 amide bonds. The number of aromatic nitrogens is 3. The molecule has 12 heteroatoms. The van der Waals surface area contributed by atoms with Crippen LogP contribution in [0.5, 0.6) is 0 Å². The van der Waals surface area contributed by atoms with Crippen molar-refractivity contribution in [3.63, 3.8) is 0 Å². The van der Waals surface area contributed by atoms with Crippen LogP contribution in [0.3, 0.4) is 0 Å². The molecular weight excluding hydrogens is 545 g/mol. The van der Waals surface area contributed by atoms with Crippen LogP contribution in [0, 0.1) is 11.8 Å². The van der Waals surface area contributed by atoms with Crippen molar-refractivity contribution in [3.05, 3.63) is 59.7 Å². The van der Waals surface area contributed by atoms with Gasteiger partial charge in [0.25, 0.3) is 0 Å². The molecule has 4 aromatic rings. The zero-order valence-electron chi connectivity index (χ0n) is 21.6. The molecule has 1 aromatic carbocycles. The molecule has 0 aliphatic heterocycles. The quantitative estimate of drug-likeness (QED) is 0.271. The Hall–Kier alpha value is -3.77. The number of carbonyl (C=O) groups is 2. The van der Waals surface area contributed by atoms with Gasteiger partial charge in [0.15, 0.2) is 5.65 Å². The first-order chi connectivity index (χ1) is 19.2. The molecule has 1 saturated carbocycles. The van der Waals surface area contributed by atoms with Gasteiger partial charge in [-0.05, 0) is 43.4 Å². The van der Waals surface area contributed by atoms with Crippen LogP contribution in [-0.2, 0) is 9.53 Å². The number of ether oxygens (including phenoxy) is 1. The summed E-state index contributed by atoms with van der Waals surface area (Å²) in [6.07, 6.45) is -0.815. The van der Waals surface area contributed by atoms with Gasteiger partial charge in [-0.2, -0.15) is 18.3 Å². The maximum absolute atomic E-state index is 13.5. The zero-order chi connectivity index (χ0) is 28.4. The molecule has 1 aliphatic rings. The molecule has 210 valence electrons. The van der Waals surface area contributed by atoms with Crippen LogP contribution >= 0.6 is 11.3 Å². The number of benzene rings is 1. The van der Waals surface area contributed by atoms with Crippen molar-refractivity contribution in [2.45, 2.75) is 31.9 Å². The van der Waals surface area contributed by atoms with E-state index in [4.69, 9.17) is 4.74 Å². The van der Waals surface area contributed by atoms with Gasteiger partial charge in [-0.3, -0.25) is 4.79 Å². The number of rotatable bonds is 8. The molecule has 3 aromatic heterocycles. The number of hydrogen-bond donors (Lipinski definition) is 1. The van der Waals surface area contributed by atoms with Crippen molar-refractivity contribution >= 4 is 34.5 Å². The summed E-state index contributed by atoms with van der Waals surface area (Å²) in [5, 5.41) is 14.5. The predicted octanol–water partition coefficient (Wildman–Crippen LogP) is 6.17. The monoisotopic (exact) mass is 572 g/mol. The highest BCUT2D eigenvalue weighted by Gasteiger charge is 2.43. The van der Waals surface area contributed by atoms with E-state index >= 15 is 0 Å². The van der Waals surface area contributed by atoms with Gasteiger partial charge in [0, 0.05) is 48.5 Å². The fourth-order valence-electron chi connectivity index (χ4n) is 5.07. The second-order valence-electron chi connectivity index (χ2n) is 9.73. The number of thiophene rings is 1. The van der Waals surface area contributed by atoms with E-state index in [2.05, 4.69) is 10.1 Å². The molecule has 3 heterocycles. The first kappa shape index (κ1) is 27.8. The number of nitrogens with zero attached hydrogens (tertiary/aromatic N) is 4. The summed E-state index contributed by atoms with van der Waals surface area (Å²) in [7, 11) is 1.47. The number of aromatic carboxylic acids is 1. The van der Waals surface area contributed by atoms with E-state index in [1.165, 1.54) is 12.0 Å². The Labute approximate surface area is 232 Å². The van der Waals surface area contributed by atoms with Crippen LogP contribution in [0.4, 0.5) is 18.9 Å².